The number of allylic oxidation sites excluding steroid dienone is 1. The molecule has 1 atom stereocenters. The van der Waals surface area contributed by atoms with Crippen molar-refractivity contribution in [2.24, 2.45) is 0 Å². The van der Waals surface area contributed by atoms with Crippen molar-refractivity contribution in [3.05, 3.63) is 46.0 Å². The van der Waals surface area contributed by atoms with Crippen LogP contribution in [0.25, 0.3) is 0 Å². The zero-order chi connectivity index (χ0) is 20.0. The summed E-state index contributed by atoms with van der Waals surface area (Å²) in [4.78, 5) is 22.9. The number of nitro benzene ring substituents is 1. The Morgan fingerprint density at radius 1 is 1.37 bits per heavy atom. The van der Waals surface area contributed by atoms with E-state index >= 15 is 0 Å². The van der Waals surface area contributed by atoms with E-state index in [0.29, 0.717) is 6.54 Å². The molecular weight excluding hydrogens is 370 g/mol. The summed E-state index contributed by atoms with van der Waals surface area (Å²) in [7, 11) is -3.81. The number of carbonyl (C=O) groups excluding carboxylic acids is 1. The number of nitrogens with one attached hydrogen (secondary N) is 1. The van der Waals surface area contributed by atoms with Gasteiger partial charge < -0.3 is 5.32 Å². The van der Waals surface area contributed by atoms with Crippen molar-refractivity contribution < 1.29 is 18.1 Å². The first-order valence-electron chi connectivity index (χ1n) is 8.89. The molecule has 1 amide bonds. The molecule has 1 N–H and O–H groups in total. The zero-order valence-corrected chi connectivity index (χ0v) is 16.4. The number of hydrogen-bond acceptors (Lipinski definition) is 5. The average molecular weight is 395 g/mol. The van der Waals surface area contributed by atoms with Crippen LogP contribution in [0.2, 0.25) is 0 Å². The van der Waals surface area contributed by atoms with Crippen LogP contribution >= 0.6 is 0 Å². The lowest BCUT2D eigenvalue weighted by Crippen LogP contribution is -2.48. The lowest BCUT2D eigenvalue weighted by atomic mass is 9.97. The smallest absolute Gasteiger partial charge is 0.271 e. The van der Waals surface area contributed by atoms with Crippen molar-refractivity contribution in [2.45, 2.75) is 45.1 Å². The molecule has 0 unspecified atom stereocenters. The van der Waals surface area contributed by atoms with Gasteiger partial charge >= 0.3 is 0 Å². The molecule has 0 spiro atoms. The highest BCUT2D eigenvalue weighted by Gasteiger charge is 2.29. The van der Waals surface area contributed by atoms with Crippen molar-refractivity contribution in [3.63, 3.8) is 0 Å². The average Bonchev–Trinajstić information content (AvgIpc) is 2.61. The number of non-ortho nitro benzene ring substituents is 1. The molecule has 0 saturated carbocycles. The fraction of sp³-hybridized carbons (Fsp3) is 0.500. The predicted molar refractivity (Wildman–Crippen MR) is 104 cm³/mol. The van der Waals surface area contributed by atoms with E-state index in [2.05, 4.69) is 11.4 Å². The largest absolute Gasteiger partial charge is 0.354 e. The van der Waals surface area contributed by atoms with Gasteiger partial charge in [0.1, 0.15) is 6.04 Å². The van der Waals surface area contributed by atoms with E-state index in [1.165, 1.54) is 37.1 Å². The second kappa shape index (κ2) is 8.98. The molecule has 1 aliphatic carbocycles. The van der Waals surface area contributed by atoms with E-state index in [9.17, 15) is 23.3 Å². The second-order valence-corrected chi connectivity index (χ2v) is 8.52. The Balaban J connectivity index is 2.11. The third-order valence-electron chi connectivity index (χ3n) is 4.51. The minimum atomic E-state index is -3.81. The molecule has 0 heterocycles. The zero-order valence-electron chi connectivity index (χ0n) is 15.6. The van der Waals surface area contributed by atoms with E-state index in [4.69, 9.17) is 0 Å². The van der Waals surface area contributed by atoms with Crippen molar-refractivity contribution in [2.75, 3.05) is 17.1 Å². The normalized spacial score (nSPS) is 15.6. The number of nitrogens with zero attached hydrogens (tertiary/aromatic N) is 2. The first-order chi connectivity index (χ1) is 12.7. The van der Waals surface area contributed by atoms with Crippen LogP contribution in [-0.2, 0) is 14.8 Å². The van der Waals surface area contributed by atoms with Gasteiger partial charge in [0.15, 0.2) is 0 Å². The molecule has 1 aliphatic rings. The SMILES string of the molecule is C[C@@H](C(=O)NCCC1=CCCCC1)N(c1cccc([N+](=O)[O-])c1)S(C)(=O)=O. The van der Waals surface area contributed by atoms with Gasteiger partial charge in [0.05, 0.1) is 16.9 Å². The fourth-order valence-corrected chi connectivity index (χ4v) is 4.34. The van der Waals surface area contributed by atoms with Crippen molar-refractivity contribution in [3.8, 4) is 0 Å². The molecule has 0 saturated heterocycles. The molecular formula is C18H25N3O5S. The number of nitro groups is 1. The third kappa shape index (κ3) is 5.78. The lowest BCUT2D eigenvalue weighted by Gasteiger charge is -2.28. The molecule has 0 aliphatic heterocycles. The molecule has 0 bridgehead atoms. The van der Waals surface area contributed by atoms with Crippen LogP contribution < -0.4 is 9.62 Å². The summed E-state index contributed by atoms with van der Waals surface area (Å²) in [5, 5.41) is 13.7. The van der Waals surface area contributed by atoms with Crippen molar-refractivity contribution in [1.82, 2.24) is 5.32 Å². The molecule has 0 fully saturated rings. The van der Waals surface area contributed by atoms with E-state index in [-0.39, 0.29) is 11.4 Å². The first kappa shape index (κ1) is 20.9. The Bertz CT molecular complexity index is 835. The molecule has 9 heteroatoms. The minimum Gasteiger partial charge on any atom is -0.354 e. The second-order valence-electron chi connectivity index (χ2n) is 6.66. The van der Waals surface area contributed by atoms with Gasteiger partial charge in [-0.3, -0.25) is 19.2 Å². The number of hydrogen-bond donors (Lipinski definition) is 1. The highest BCUT2D eigenvalue weighted by Crippen LogP contribution is 2.25. The number of benzene rings is 1. The van der Waals surface area contributed by atoms with Crippen LogP contribution in [0, 0.1) is 10.1 Å². The summed E-state index contributed by atoms with van der Waals surface area (Å²) in [6, 6.07) is 4.23. The quantitative estimate of drug-likeness (QED) is 0.413. The summed E-state index contributed by atoms with van der Waals surface area (Å²) < 4.78 is 25.4. The molecule has 2 rings (SSSR count). The maximum atomic E-state index is 12.5. The molecule has 1 aromatic rings. The number of rotatable bonds is 8. The standard InChI is InChI=1S/C18H25N3O5S/c1-14(18(22)19-12-11-15-7-4-3-5-8-15)20(27(2,25)26)16-9-6-10-17(13-16)21(23)24/h6-7,9-10,13-14H,3-5,8,11-12H2,1-2H3,(H,19,22)/t14-/m0/s1. The summed E-state index contributed by atoms with van der Waals surface area (Å²) in [6.07, 6.45) is 8.37. The molecule has 0 radical (unpaired) electrons. The molecule has 0 aromatic heterocycles. The Morgan fingerprint density at radius 2 is 2.11 bits per heavy atom. The van der Waals surface area contributed by atoms with Crippen LogP contribution in [0.15, 0.2) is 35.9 Å². The van der Waals surface area contributed by atoms with Gasteiger partial charge in [-0.2, -0.15) is 0 Å². The topological polar surface area (TPSA) is 110 Å². The van der Waals surface area contributed by atoms with Crippen LogP contribution in [0.1, 0.15) is 39.0 Å². The van der Waals surface area contributed by atoms with Gasteiger partial charge in [-0.15, -0.1) is 0 Å². The van der Waals surface area contributed by atoms with Gasteiger partial charge in [0.2, 0.25) is 15.9 Å². The van der Waals surface area contributed by atoms with Crippen LogP contribution in [0.3, 0.4) is 0 Å². The molecule has 148 valence electrons. The highest BCUT2D eigenvalue weighted by molar-refractivity contribution is 7.92. The fourth-order valence-electron chi connectivity index (χ4n) is 3.18. The first-order valence-corrected chi connectivity index (χ1v) is 10.7. The molecule has 27 heavy (non-hydrogen) atoms. The van der Waals surface area contributed by atoms with Gasteiger partial charge in [0.25, 0.3) is 5.69 Å². The van der Waals surface area contributed by atoms with E-state index in [1.54, 1.807) is 0 Å². The number of amides is 1. The van der Waals surface area contributed by atoms with E-state index in [1.807, 2.05) is 0 Å². The van der Waals surface area contributed by atoms with Crippen molar-refractivity contribution in [1.29, 1.82) is 0 Å². The molecule has 1 aromatic carbocycles. The Hall–Kier alpha value is -2.42. The highest BCUT2D eigenvalue weighted by atomic mass is 32.2. The van der Waals surface area contributed by atoms with Gasteiger partial charge in [-0.1, -0.05) is 17.7 Å². The van der Waals surface area contributed by atoms with Gasteiger partial charge in [-0.25, -0.2) is 8.42 Å². The van der Waals surface area contributed by atoms with Gasteiger partial charge in [0, 0.05) is 18.7 Å². The van der Waals surface area contributed by atoms with Crippen molar-refractivity contribution >= 4 is 27.3 Å². The Kier molecular flexibility index (Phi) is 6.95. The Labute approximate surface area is 159 Å². The summed E-state index contributed by atoms with van der Waals surface area (Å²) in [6.45, 7) is 1.90. The van der Waals surface area contributed by atoms with Gasteiger partial charge in [-0.05, 0) is 45.1 Å². The van der Waals surface area contributed by atoms with Crippen LogP contribution in [0.5, 0.6) is 0 Å². The third-order valence-corrected chi connectivity index (χ3v) is 5.76. The maximum absolute atomic E-state index is 12.5. The number of sulfonamides is 1. The maximum Gasteiger partial charge on any atom is 0.271 e. The Morgan fingerprint density at radius 3 is 2.70 bits per heavy atom. The van der Waals surface area contributed by atoms with E-state index < -0.39 is 26.9 Å². The number of carbonyl (C=O) groups is 1. The van der Waals surface area contributed by atoms with E-state index in [0.717, 1.165) is 42.3 Å². The summed E-state index contributed by atoms with van der Waals surface area (Å²) in [5.74, 6) is -0.441. The number of anilines is 1. The monoisotopic (exact) mass is 395 g/mol. The molecule has 8 nitrogen and oxygen atoms in total. The minimum absolute atomic E-state index is 0.0874. The predicted octanol–water partition coefficient (Wildman–Crippen LogP) is 2.76. The van der Waals surface area contributed by atoms with Crippen LogP contribution in [0.4, 0.5) is 11.4 Å². The van der Waals surface area contributed by atoms with Crippen LogP contribution in [-0.4, -0.2) is 38.1 Å². The lowest BCUT2D eigenvalue weighted by molar-refractivity contribution is -0.384. The summed E-state index contributed by atoms with van der Waals surface area (Å²) >= 11 is 0. The summed E-state index contributed by atoms with van der Waals surface area (Å²) in [5.41, 5.74) is 1.16.